The first-order valence-corrected chi connectivity index (χ1v) is 7.66. The largest absolute Gasteiger partial charge is 0.351 e. The van der Waals surface area contributed by atoms with Gasteiger partial charge in [-0.1, -0.05) is 18.0 Å². The van der Waals surface area contributed by atoms with Crippen LogP contribution in [0.1, 0.15) is 31.7 Å². The quantitative estimate of drug-likeness (QED) is 0.829. The van der Waals surface area contributed by atoms with Gasteiger partial charge in [0.15, 0.2) is 0 Å². The number of hydrogen-bond acceptors (Lipinski definition) is 3. The van der Waals surface area contributed by atoms with E-state index in [0.717, 1.165) is 35.5 Å². The summed E-state index contributed by atoms with van der Waals surface area (Å²) in [7, 11) is 0. The molecule has 19 heavy (non-hydrogen) atoms. The molecule has 0 N–H and O–H groups in total. The van der Waals surface area contributed by atoms with E-state index < -0.39 is 0 Å². The maximum absolute atomic E-state index is 6.06. The Hall–Kier alpha value is -0.800. The zero-order chi connectivity index (χ0) is 13.4. The number of nitrogens with zero attached hydrogens (tertiary/aromatic N) is 3. The van der Waals surface area contributed by atoms with Crippen molar-refractivity contribution in [1.29, 1.82) is 0 Å². The van der Waals surface area contributed by atoms with Crippen LogP contribution in [-0.2, 0) is 0 Å². The van der Waals surface area contributed by atoms with E-state index in [2.05, 4.69) is 27.8 Å². The van der Waals surface area contributed by atoms with Gasteiger partial charge in [-0.15, -0.1) is 0 Å². The van der Waals surface area contributed by atoms with Crippen molar-refractivity contribution in [1.82, 2.24) is 9.88 Å². The van der Waals surface area contributed by atoms with Gasteiger partial charge in [0, 0.05) is 37.9 Å². The van der Waals surface area contributed by atoms with E-state index in [9.17, 15) is 0 Å². The van der Waals surface area contributed by atoms with Crippen molar-refractivity contribution in [2.75, 3.05) is 24.5 Å². The van der Waals surface area contributed by atoms with Crippen LogP contribution in [0.4, 0.5) is 5.82 Å². The van der Waals surface area contributed by atoms with Crippen LogP contribution in [-0.4, -0.2) is 41.6 Å². The average molecular weight is 280 g/mol. The predicted molar refractivity (Wildman–Crippen MR) is 80.0 cm³/mol. The molecule has 104 valence electrons. The summed E-state index contributed by atoms with van der Waals surface area (Å²) in [5, 5.41) is 0.754. The highest BCUT2D eigenvalue weighted by atomic mass is 35.5. The minimum Gasteiger partial charge on any atom is -0.351 e. The van der Waals surface area contributed by atoms with Gasteiger partial charge in [-0.3, -0.25) is 4.90 Å². The molecule has 0 bridgehead atoms. The standard InChI is InChI=1S/C15H22ClN3/c1-11-8-15(17-9-14(11)16)19-7-6-18(10-12(19)2)13-4-3-5-13/h8-9,12-13H,3-7,10H2,1-2H3/t12-/m0/s1. The van der Waals surface area contributed by atoms with Gasteiger partial charge in [0.1, 0.15) is 5.82 Å². The molecular weight excluding hydrogens is 258 g/mol. The average Bonchev–Trinajstić information content (AvgIpc) is 2.31. The van der Waals surface area contributed by atoms with E-state index in [-0.39, 0.29) is 0 Å². The summed E-state index contributed by atoms with van der Waals surface area (Å²) in [5.74, 6) is 1.07. The Kier molecular flexibility index (Phi) is 3.68. The Bertz CT molecular complexity index is 459. The Labute approximate surface area is 120 Å². The van der Waals surface area contributed by atoms with Crippen molar-refractivity contribution in [3.05, 3.63) is 22.8 Å². The number of aryl methyl sites for hydroxylation is 1. The fourth-order valence-corrected chi connectivity index (χ4v) is 3.19. The molecule has 0 spiro atoms. The number of aromatic nitrogens is 1. The van der Waals surface area contributed by atoms with Crippen LogP contribution in [0.25, 0.3) is 0 Å². The molecule has 1 saturated heterocycles. The Morgan fingerprint density at radius 1 is 1.32 bits per heavy atom. The van der Waals surface area contributed by atoms with Crippen molar-refractivity contribution < 1.29 is 0 Å². The molecule has 4 heteroatoms. The van der Waals surface area contributed by atoms with Crippen LogP contribution in [0.2, 0.25) is 5.02 Å². The molecule has 0 radical (unpaired) electrons. The molecule has 0 amide bonds. The van der Waals surface area contributed by atoms with E-state index in [1.54, 1.807) is 6.20 Å². The van der Waals surface area contributed by atoms with E-state index in [1.807, 2.05) is 6.92 Å². The monoisotopic (exact) mass is 279 g/mol. The smallest absolute Gasteiger partial charge is 0.129 e. The minimum atomic E-state index is 0.530. The van der Waals surface area contributed by atoms with Gasteiger partial charge >= 0.3 is 0 Å². The second-order valence-corrected chi connectivity index (χ2v) is 6.32. The van der Waals surface area contributed by atoms with Crippen LogP contribution in [0.3, 0.4) is 0 Å². The third-order valence-corrected chi connectivity index (χ3v) is 4.97. The SMILES string of the molecule is Cc1cc(N2CCN(C3CCC3)C[C@@H]2C)ncc1Cl. The van der Waals surface area contributed by atoms with Gasteiger partial charge in [0.2, 0.25) is 0 Å². The second kappa shape index (κ2) is 5.29. The highest BCUT2D eigenvalue weighted by Gasteiger charge is 2.31. The number of pyridine rings is 1. The lowest BCUT2D eigenvalue weighted by Gasteiger charge is -2.46. The molecule has 0 aromatic carbocycles. The van der Waals surface area contributed by atoms with Gasteiger partial charge in [-0.25, -0.2) is 4.98 Å². The third-order valence-electron chi connectivity index (χ3n) is 4.58. The third kappa shape index (κ3) is 2.59. The minimum absolute atomic E-state index is 0.530. The summed E-state index contributed by atoms with van der Waals surface area (Å²) >= 11 is 6.06. The van der Waals surface area contributed by atoms with Crippen molar-refractivity contribution in [3.8, 4) is 0 Å². The molecule has 3 nitrogen and oxygen atoms in total. The molecular formula is C15H22ClN3. The highest BCUT2D eigenvalue weighted by Crippen LogP contribution is 2.29. The van der Waals surface area contributed by atoms with Crippen molar-refractivity contribution >= 4 is 17.4 Å². The zero-order valence-corrected chi connectivity index (χ0v) is 12.5. The lowest BCUT2D eigenvalue weighted by atomic mass is 9.90. The van der Waals surface area contributed by atoms with Crippen LogP contribution >= 0.6 is 11.6 Å². The summed E-state index contributed by atoms with van der Waals surface area (Å²) in [6.45, 7) is 7.75. The number of halogens is 1. The van der Waals surface area contributed by atoms with Gasteiger partial charge in [0.25, 0.3) is 0 Å². The molecule has 2 aliphatic rings. The van der Waals surface area contributed by atoms with E-state index >= 15 is 0 Å². The normalized spacial score (nSPS) is 25.4. The first kappa shape index (κ1) is 13.2. The zero-order valence-electron chi connectivity index (χ0n) is 11.8. The van der Waals surface area contributed by atoms with E-state index in [1.165, 1.54) is 25.8 Å². The Balaban J connectivity index is 1.70. The van der Waals surface area contributed by atoms with E-state index in [4.69, 9.17) is 11.6 Å². The molecule has 1 aliphatic heterocycles. The molecule has 0 unspecified atom stereocenters. The summed E-state index contributed by atoms with van der Waals surface area (Å²) < 4.78 is 0. The first-order chi connectivity index (χ1) is 9.15. The molecule has 2 fully saturated rings. The summed E-state index contributed by atoms with van der Waals surface area (Å²) in [6, 6.07) is 3.49. The molecule has 1 saturated carbocycles. The van der Waals surface area contributed by atoms with Crippen molar-refractivity contribution in [2.45, 2.75) is 45.2 Å². The summed E-state index contributed by atoms with van der Waals surface area (Å²) in [6.07, 6.45) is 5.98. The number of rotatable bonds is 2. The van der Waals surface area contributed by atoms with Crippen molar-refractivity contribution in [2.24, 2.45) is 0 Å². The number of piperazine rings is 1. The van der Waals surface area contributed by atoms with Crippen molar-refractivity contribution in [3.63, 3.8) is 0 Å². The van der Waals surface area contributed by atoms with Crippen LogP contribution in [0.5, 0.6) is 0 Å². The highest BCUT2D eigenvalue weighted by molar-refractivity contribution is 6.31. The van der Waals surface area contributed by atoms with Gasteiger partial charge < -0.3 is 4.90 Å². The fourth-order valence-electron chi connectivity index (χ4n) is 3.09. The Morgan fingerprint density at radius 2 is 2.11 bits per heavy atom. The van der Waals surface area contributed by atoms with Gasteiger partial charge in [-0.05, 0) is 38.3 Å². The second-order valence-electron chi connectivity index (χ2n) is 5.91. The number of anilines is 1. The van der Waals surface area contributed by atoms with Crippen LogP contribution in [0.15, 0.2) is 12.3 Å². The Morgan fingerprint density at radius 3 is 2.68 bits per heavy atom. The molecule has 2 heterocycles. The van der Waals surface area contributed by atoms with E-state index in [0.29, 0.717) is 6.04 Å². The summed E-state index contributed by atoms with van der Waals surface area (Å²) in [4.78, 5) is 9.57. The van der Waals surface area contributed by atoms with Crippen LogP contribution < -0.4 is 4.90 Å². The predicted octanol–water partition coefficient (Wildman–Crippen LogP) is 3.11. The summed E-state index contributed by atoms with van der Waals surface area (Å²) in [5.41, 5.74) is 1.11. The number of hydrogen-bond donors (Lipinski definition) is 0. The van der Waals surface area contributed by atoms with Gasteiger partial charge in [0.05, 0.1) is 5.02 Å². The molecule has 3 rings (SSSR count). The maximum atomic E-state index is 6.06. The lowest BCUT2D eigenvalue weighted by molar-refractivity contribution is 0.106. The molecule has 1 aromatic rings. The lowest BCUT2D eigenvalue weighted by Crippen LogP contribution is -2.56. The molecule has 1 aromatic heterocycles. The van der Waals surface area contributed by atoms with Crippen LogP contribution in [0, 0.1) is 6.92 Å². The first-order valence-electron chi connectivity index (χ1n) is 7.28. The maximum Gasteiger partial charge on any atom is 0.129 e. The topological polar surface area (TPSA) is 19.4 Å². The fraction of sp³-hybridized carbons (Fsp3) is 0.667. The van der Waals surface area contributed by atoms with Gasteiger partial charge in [-0.2, -0.15) is 0 Å². The molecule has 1 aliphatic carbocycles. The molecule has 1 atom stereocenters.